The Balaban J connectivity index is 2.72. The average Bonchev–Trinajstić information content (AvgIpc) is 2.38. The van der Waals surface area contributed by atoms with Gasteiger partial charge in [-0.15, -0.1) is 11.6 Å². The van der Waals surface area contributed by atoms with Crippen LogP contribution in [0.1, 0.15) is 44.7 Å². The topological polar surface area (TPSA) is 20.3 Å². The van der Waals surface area contributed by atoms with Gasteiger partial charge in [-0.25, -0.2) is 0 Å². The summed E-state index contributed by atoms with van der Waals surface area (Å²) in [6, 6.07) is 8.44. The van der Waals surface area contributed by atoms with Crippen molar-refractivity contribution in [1.82, 2.24) is 4.90 Å². The highest BCUT2D eigenvalue weighted by Gasteiger charge is 2.29. The van der Waals surface area contributed by atoms with Gasteiger partial charge in [0.25, 0.3) is 0 Å². The fourth-order valence-corrected chi connectivity index (χ4v) is 2.04. The summed E-state index contributed by atoms with van der Waals surface area (Å²) >= 11 is 5.84. The molecule has 1 rings (SSSR count). The largest absolute Gasteiger partial charge is 0.341 e. The molecule has 0 radical (unpaired) electrons. The minimum absolute atomic E-state index is 0.0791. The molecule has 0 fully saturated rings. The first-order chi connectivity index (χ1) is 8.77. The average molecular weight is 282 g/mol. The van der Waals surface area contributed by atoms with E-state index in [2.05, 4.69) is 38.1 Å². The van der Waals surface area contributed by atoms with Gasteiger partial charge >= 0.3 is 0 Å². The van der Waals surface area contributed by atoms with Gasteiger partial charge in [-0.05, 0) is 30.9 Å². The molecule has 3 heteroatoms. The van der Waals surface area contributed by atoms with E-state index in [9.17, 15) is 4.79 Å². The van der Waals surface area contributed by atoms with Crippen molar-refractivity contribution in [1.29, 1.82) is 0 Å². The monoisotopic (exact) mass is 281 g/mol. The second kappa shape index (κ2) is 6.42. The van der Waals surface area contributed by atoms with Crippen LogP contribution in [0.15, 0.2) is 24.3 Å². The van der Waals surface area contributed by atoms with Crippen LogP contribution in [0.5, 0.6) is 0 Å². The van der Waals surface area contributed by atoms with E-state index in [1.165, 1.54) is 5.56 Å². The standard InChI is InChI=1S/C16H24ClNO/c1-12(2)14-8-6-13(7-9-14)10-18(5)15(19)16(3,4)11-17/h6-9,12H,10-11H2,1-5H3. The van der Waals surface area contributed by atoms with Gasteiger partial charge in [-0.3, -0.25) is 4.79 Å². The van der Waals surface area contributed by atoms with Gasteiger partial charge in [0.2, 0.25) is 5.91 Å². The molecule has 0 atom stereocenters. The molecular formula is C16H24ClNO. The number of carbonyl (C=O) groups excluding carboxylic acids is 1. The Kier molecular flexibility index (Phi) is 5.42. The summed E-state index contributed by atoms with van der Waals surface area (Å²) < 4.78 is 0. The maximum absolute atomic E-state index is 12.2. The smallest absolute Gasteiger partial charge is 0.229 e. The zero-order valence-electron chi connectivity index (χ0n) is 12.5. The molecule has 1 aromatic rings. The zero-order chi connectivity index (χ0) is 14.6. The third-order valence-electron chi connectivity index (χ3n) is 3.33. The Morgan fingerprint density at radius 3 is 2.21 bits per heavy atom. The Morgan fingerprint density at radius 2 is 1.79 bits per heavy atom. The number of amides is 1. The van der Waals surface area contributed by atoms with Crippen LogP contribution >= 0.6 is 11.6 Å². The molecule has 0 aliphatic carbocycles. The van der Waals surface area contributed by atoms with E-state index in [4.69, 9.17) is 11.6 Å². The molecule has 0 aliphatic heterocycles. The number of benzene rings is 1. The highest BCUT2D eigenvalue weighted by atomic mass is 35.5. The van der Waals surface area contributed by atoms with E-state index in [0.717, 1.165) is 5.56 Å². The van der Waals surface area contributed by atoms with Crippen molar-refractivity contribution in [2.75, 3.05) is 12.9 Å². The van der Waals surface area contributed by atoms with Gasteiger partial charge in [0.1, 0.15) is 0 Å². The fourth-order valence-electron chi connectivity index (χ4n) is 1.93. The number of alkyl halides is 1. The van der Waals surface area contributed by atoms with Crippen LogP contribution in [0, 0.1) is 5.41 Å². The molecule has 106 valence electrons. The Morgan fingerprint density at radius 1 is 1.26 bits per heavy atom. The summed E-state index contributed by atoms with van der Waals surface area (Å²) in [4.78, 5) is 14.0. The van der Waals surface area contributed by atoms with E-state index < -0.39 is 5.41 Å². The number of rotatable bonds is 5. The lowest BCUT2D eigenvalue weighted by molar-refractivity contribution is -0.138. The molecule has 0 spiro atoms. The van der Waals surface area contributed by atoms with Crippen LogP contribution < -0.4 is 0 Å². The first kappa shape index (κ1) is 16.0. The lowest BCUT2D eigenvalue weighted by Gasteiger charge is -2.27. The summed E-state index contributed by atoms with van der Waals surface area (Å²) in [6.07, 6.45) is 0. The van der Waals surface area contributed by atoms with Crippen molar-refractivity contribution in [3.8, 4) is 0 Å². The summed E-state index contributed by atoms with van der Waals surface area (Å²) in [7, 11) is 1.83. The third kappa shape index (κ3) is 4.24. The van der Waals surface area contributed by atoms with Crippen LogP contribution in [0.25, 0.3) is 0 Å². The molecule has 0 saturated carbocycles. The summed E-state index contributed by atoms with van der Waals surface area (Å²) in [5.41, 5.74) is 1.96. The van der Waals surface area contributed by atoms with Crippen molar-refractivity contribution in [2.24, 2.45) is 5.41 Å². The Hall–Kier alpha value is -1.02. The highest BCUT2D eigenvalue weighted by molar-refractivity contribution is 6.19. The van der Waals surface area contributed by atoms with Crippen LogP contribution in [0.4, 0.5) is 0 Å². The van der Waals surface area contributed by atoms with Crippen LogP contribution in [-0.2, 0) is 11.3 Å². The Bertz CT molecular complexity index is 423. The lowest BCUT2D eigenvalue weighted by atomic mass is 9.94. The van der Waals surface area contributed by atoms with Crippen LogP contribution in [-0.4, -0.2) is 23.7 Å². The molecule has 0 bridgehead atoms. The van der Waals surface area contributed by atoms with Gasteiger partial charge in [0.05, 0.1) is 5.41 Å². The van der Waals surface area contributed by atoms with Crippen molar-refractivity contribution < 1.29 is 4.79 Å². The van der Waals surface area contributed by atoms with Gasteiger partial charge in [-0.1, -0.05) is 38.1 Å². The second-order valence-corrected chi connectivity index (χ2v) is 6.34. The highest BCUT2D eigenvalue weighted by Crippen LogP contribution is 2.21. The van der Waals surface area contributed by atoms with Crippen molar-refractivity contribution in [2.45, 2.75) is 40.2 Å². The summed E-state index contributed by atoms with van der Waals surface area (Å²) in [5.74, 6) is 0.946. The molecule has 0 saturated heterocycles. The summed E-state index contributed by atoms with van der Waals surface area (Å²) in [5, 5.41) is 0. The molecule has 0 N–H and O–H groups in total. The number of hydrogen-bond donors (Lipinski definition) is 0. The SMILES string of the molecule is CC(C)c1ccc(CN(C)C(=O)C(C)(C)CCl)cc1. The minimum Gasteiger partial charge on any atom is -0.341 e. The molecule has 0 aliphatic rings. The molecule has 0 heterocycles. The molecule has 1 amide bonds. The maximum Gasteiger partial charge on any atom is 0.229 e. The maximum atomic E-state index is 12.2. The molecule has 19 heavy (non-hydrogen) atoms. The van der Waals surface area contributed by atoms with E-state index >= 15 is 0 Å². The number of halogens is 1. The number of hydrogen-bond acceptors (Lipinski definition) is 1. The molecular weight excluding hydrogens is 258 g/mol. The zero-order valence-corrected chi connectivity index (χ0v) is 13.3. The van der Waals surface area contributed by atoms with Crippen molar-refractivity contribution >= 4 is 17.5 Å². The van der Waals surface area contributed by atoms with Crippen LogP contribution in [0.3, 0.4) is 0 Å². The summed E-state index contributed by atoms with van der Waals surface area (Å²) in [6.45, 7) is 8.72. The van der Waals surface area contributed by atoms with E-state index in [0.29, 0.717) is 18.3 Å². The Labute approximate surface area is 121 Å². The second-order valence-electron chi connectivity index (χ2n) is 6.08. The molecule has 0 unspecified atom stereocenters. The normalized spacial score (nSPS) is 11.7. The quantitative estimate of drug-likeness (QED) is 0.746. The first-order valence-corrected chi connectivity index (χ1v) is 7.21. The molecule has 0 aromatic heterocycles. The first-order valence-electron chi connectivity index (χ1n) is 6.68. The lowest BCUT2D eigenvalue weighted by Crippen LogP contribution is -2.39. The van der Waals surface area contributed by atoms with Gasteiger partial charge < -0.3 is 4.90 Å². The van der Waals surface area contributed by atoms with Gasteiger partial charge in [-0.2, -0.15) is 0 Å². The predicted molar refractivity (Wildman–Crippen MR) is 81.5 cm³/mol. The van der Waals surface area contributed by atoms with E-state index in [1.807, 2.05) is 20.9 Å². The van der Waals surface area contributed by atoms with E-state index in [-0.39, 0.29) is 5.91 Å². The van der Waals surface area contributed by atoms with Gasteiger partial charge in [0.15, 0.2) is 0 Å². The van der Waals surface area contributed by atoms with Gasteiger partial charge in [0, 0.05) is 19.5 Å². The molecule has 2 nitrogen and oxygen atoms in total. The minimum atomic E-state index is -0.506. The number of carbonyl (C=O) groups is 1. The number of nitrogens with zero attached hydrogens (tertiary/aromatic N) is 1. The fraction of sp³-hybridized carbons (Fsp3) is 0.562. The third-order valence-corrected chi connectivity index (χ3v) is 3.99. The molecule has 1 aromatic carbocycles. The van der Waals surface area contributed by atoms with Crippen molar-refractivity contribution in [3.05, 3.63) is 35.4 Å². The predicted octanol–water partition coefficient (Wildman–Crippen LogP) is 4.03. The van der Waals surface area contributed by atoms with Crippen molar-refractivity contribution in [3.63, 3.8) is 0 Å². The van der Waals surface area contributed by atoms with Crippen LogP contribution in [0.2, 0.25) is 0 Å². The van der Waals surface area contributed by atoms with E-state index in [1.54, 1.807) is 4.90 Å².